The third-order valence-electron chi connectivity index (χ3n) is 4.14. The van der Waals surface area contributed by atoms with Gasteiger partial charge in [-0.15, -0.1) is 0 Å². The van der Waals surface area contributed by atoms with Crippen molar-refractivity contribution >= 4 is 53.5 Å². The van der Waals surface area contributed by atoms with E-state index in [1.807, 2.05) is 16.0 Å². The first-order valence-corrected chi connectivity index (χ1v) is 9.96. The van der Waals surface area contributed by atoms with Crippen LogP contribution >= 0.6 is 0 Å². The third-order valence-corrected chi connectivity index (χ3v) is 4.14. The summed E-state index contributed by atoms with van der Waals surface area (Å²) in [6.45, 7) is -2.92. The van der Waals surface area contributed by atoms with E-state index in [-0.39, 0.29) is 0 Å². The molecule has 0 spiro atoms. The highest BCUT2D eigenvalue weighted by molar-refractivity contribution is 5.91. The lowest BCUT2D eigenvalue weighted by molar-refractivity contribution is -0.148. The van der Waals surface area contributed by atoms with Crippen molar-refractivity contribution in [1.29, 1.82) is 0 Å². The van der Waals surface area contributed by atoms with Crippen LogP contribution in [0.25, 0.3) is 0 Å². The highest BCUT2D eigenvalue weighted by Crippen LogP contribution is 1.99. The van der Waals surface area contributed by atoms with Crippen molar-refractivity contribution in [3.63, 3.8) is 0 Å². The van der Waals surface area contributed by atoms with Crippen LogP contribution in [0.2, 0.25) is 0 Å². The molecule has 0 aliphatic carbocycles. The summed E-state index contributed by atoms with van der Waals surface area (Å²) in [7, 11) is 0. The summed E-state index contributed by atoms with van der Waals surface area (Å²) in [5, 5.41) is 58.7. The molecule has 0 aliphatic heterocycles. The molecular weight excluding hydrogens is 512 g/mol. The van der Waals surface area contributed by atoms with E-state index >= 15 is 0 Å². The fourth-order valence-electron chi connectivity index (χ4n) is 2.62. The van der Waals surface area contributed by atoms with Crippen LogP contribution in [-0.4, -0.2) is 127 Å². The van der Waals surface area contributed by atoms with Gasteiger partial charge >= 0.3 is 35.8 Å². The molecule has 0 rings (SSSR count). The van der Waals surface area contributed by atoms with E-state index in [1.54, 1.807) is 0 Å². The Morgan fingerprint density at radius 2 is 0.676 bits per heavy atom. The van der Waals surface area contributed by atoms with Crippen LogP contribution < -0.4 is 16.0 Å². The summed E-state index contributed by atoms with van der Waals surface area (Å²) in [4.78, 5) is 103. The molecule has 206 valence electrons. The average Bonchev–Trinajstić information content (AvgIpc) is 2.70. The van der Waals surface area contributed by atoms with Gasteiger partial charge < -0.3 is 46.6 Å². The van der Waals surface area contributed by atoms with Gasteiger partial charge in [-0.05, 0) is 0 Å². The van der Waals surface area contributed by atoms with Gasteiger partial charge in [0.15, 0.2) is 0 Å². The van der Waals surface area contributed by atoms with E-state index in [1.165, 1.54) is 0 Å². The zero-order valence-electron chi connectivity index (χ0n) is 18.8. The fraction of sp³-hybridized carbons (Fsp3) is 0.500. The first kappa shape index (κ1) is 32.2. The minimum atomic E-state index is -1.91. The van der Waals surface area contributed by atoms with Gasteiger partial charge in [0.1, 0.15) is 18.1 Å². The van der Waals surface area contributed by atoms with E-state index in [0.29, 0.717) is 4.90 Å². The maximum Gasteiger partial charge on any atom is 0.326 e. The van der Waals surface area contributed by atoms with Crippen LogP contribution in [0.1, 0.15) is 19.3 Å². The highest BCUT2D eigenvalue weighted by atomic mass is 16.4. The molecule has 37 heavy (non-hydrogen) atoms. The number of carbonyl (C=O) groups is 9. The van der Waals surface area contributed by atoms with Crippen LogP contribution in [0.4, 0.5) is 0 Å². The summed E-state index contributed by atoms with van der Waals surface area (Å²) in [6.07, 6.45) is -3.10. The second kappa shape index (κ2) is 15.2. The van der Waals surface area contributed by atoms with Gasteiger partial charge in [-0.3, -0.25) is 33.7 Å². The van der Waals surface area contributed by atoms with Crippen molar-refractivity contribution in [2.45, 2.75) is 37.4 Å². The summed E-state index contributed by atoms with van der Waals surface area (Å²) < 4.78 is 0. The molecule has 9 N–H and O–H groups in total. The lowest BCUT2D eigenvalue weighted by Gasteiger charge is -2.23. The van der Waals surface area contributed by atoms with Crippen LogP contribution in [0.15, 0.2) is 0 Å². The molecule has 0 heterocycles. The van der Waals surface area contributed by atoms with Crippen molar-refractivity contribution in [1.82, 2.24) is 20.9 Å². The molecule has 0 saturated carbocycles. The second-order valence-corrected chi connectivity index (χ2v) is 7.31. The van der Waals surface area contributed by atoms with Crippen molar-refractivity contribution < 1.29 is 73.8 Å². The molecule has 0 aliphatic rings. The van der Waals surface area contributed by atoms with Crippen molar-refractivity contribution in [3.8, 4) is 0 Å². The van der Waals surface area contributed by atoms with Gasteiger partial charge in [0.05, 0.1) is 38.9 Å². The predicted molar refractivity (Wildman–Crippen MR) is 112 cm³/mol. The molecule has 3 amide bonds. The van der Waals surface area contributed by atoms with E-state index in [4.69, 9.17) is 30.6 Å². The number of hydrogen-bond donors (Lipinski definition) is 9. The van der Waals surface area contributed by atoms with Gasteiger partial charge in [-0.1, -0.05) is 0 Å². The fourth-order valence-corrected chi connectivity index (χ4v) is 2.62. The zero-order chi connectivity index (χ0) is 28.9. The molecule has 0 radical (unpaired) electrons. The largest absolute Gasteiger partial charge is 0.481 e. The Bertz CT molecular complexity index is 831. The normalized spacial score (nSPS) is 12.9. The number of carboxylic acid groups (broad SMARTS) is 6. The Labute approximate surface area is 206 Å². The highest BCUT2D eigenvalue weighted by Gasteiger charge is 2.29. The molecule has 0 aromatic heterocycles. The van der Waals surface area contributed by atoms with Crippen molar-refractivity contribution in [2.24, 2.45) is 0 Å². The first-order valence-electron chi connectivity index (χ1n) is 9.96. The third kappa shape index (κ3) is 14.2. The predicted octanol–water partition coefficient (Wildman–Crippen LogP) is -4.58. The minimum Gasteiger partial charge on any atom is -0.481 e. The number of amides is 3. The Morgan fingerprint density at radius 3 is 0.838 bits per heavy atom. The molecule has 3 atom stereocenters. The molecule has 0 aromatic carbocycles. The van der Waals surface area contributed by atoms with Crippen molar-refractivity contribution in [2.75, 3.05) is 19.6 Å². The number of rotatable bonds is 18. The smallest absolute Gasteiger partial charge is 0.326 e. The average molecular weight is 536 g/mol. The number of carboxylic acids is 6. The molecule has 0 fully saturated rings. The first-order chi connectivity index (χ1) is 17.0. The number of aliphatic carboxylic acids is 6. The summed E-state index contributed by atoms with van der Waals surface area (Å²) >= 11 is 0. The van der Waals surface area contributed by atoms with Crippen LogP contribution in [0.3, 0.4) is 0 Å². The van der Waals surface area contributed by atoms with Crippen LogP contribution in [-0.2, 0) is 43.2 Å². The maximum atomic E-state index is 12.2. The SMILES string of the molecule is O=C(O)C[C@H](NC(=O)CN(CC(=O)N[C@@H](CC(=O)O)C(=O)O)CC(=O)N[C@@H](CC(=O)O)C(=O)O)C(=O)O. The van der Waals surface area contributed by atoms with Crippen molar-refractivity contribution in [3.05, 3.63) is 0 Å². The van der Waals surface area contributed by atoms with E-state index in [2.05, 4.69) is 0 Å². The maximum absolute atomic E-state index is 12.2. The van der Waals surface area contributed by atoms with Gasteiger partial charge in [0.2, 0.25) is 17.7 Å². The molecule has 0 unspecified atom stereocenters. The molecule has 0 saturated heterocycles. The molecule has 19 heteroatoms. The Morgan fingerprint density at radius 1 is 0.459 bits per heavy atom. The van der Waals surface area contributed by atoms with Crippen LogP contribution in [0.5, 0.6) is 0 Å². The van der Waals surface area contributed by atoms with E-state index < -0.39 is 111 Å². The minimum absolute atomic E-state index is 0.652. The lowest BCUT2D eigenvalue weighted by atomic mass is 10.2. The van der Waals surface area contributed by atoms with E-state index in [0.717, 1.165) is 0 Å². The number of nitrogens with zero attached hydrogens (tertiary/aromatic N) is 1. The zero-order valence-corrected chi connectivity index (χ0v) is 18.8. The number of carbonyl (C=O) groups excluding carboxylic acids is 3. The number of hydrogen-bond acceptors (Lipinski definition) is 10. The van der Waals surface area contributed by atoms with Gasteiger partial charge in [-0.2, -0.15) is 0 Å². The second-order valence-electron chi connectivity index (χ2n) is 7.31. The molecular formula is C18H24N4O15. The van der Waals surface area contributed by atoms with Gasteiger partial charge in [0.25, 0.3) is 0 Å². The Balaban J connectivity index is 5.63. The Hall–Kier alpha value is -4.81. The standard InChI is InChI=1S/C18H24N4O15/c23-10(19-7(16(32)33)1-13(26)27)4-22(5-11(24)20-8(17(34)35)2-14(28)29)6-12(25)21-9(18(36)37)3-15(30)31/h7-9H,1-6H2,(H,19,23)(H,20,24)(H,21,25)(H,26,27)(H,28,29)(H,30,31)(H,32,33)(H,34,35)(H,36,37)/t7-,8-,9-/m0/s1. The Kier molecular flexibility index (Phi) is 13.3. The monoisotopic (exact) mass is 536 g/mol. The summed E-state index contributed by atoms with van der Waals surface area (Å²) in [6, 6.07) is -5.73. The van der Waals surface area contributed by atoms with Crippen LogP contribution in [0, 0.1) is 0 Å². The quantitative estimate of drug-likeness (QED) is 0.0795. The van der Waals surface area contributed by atoms with Gasteiger partial charge in [-0.25, -0.2) is 14.4 Å². The number of nitrogens with one attached hydrogen (secondary N) is 3. The molecule has 0 aromatic rings. The lowest BCUT2D eigenvalue weighted by Crippen LogP contribution is -2.53. The summed E-state index contributed by atoms with van der Waals surface area (Å²) in [5.74, 6) is -13.6. The molecule has 0 bridgehead atoms. The summed E-state index contributed by atoms with van der Waals surface area (Å²) in [5.41, 5.74) is 0. The van der Waals surface area contributed by atoms with Gasteiger partial charge in [0, 0.05) is 0 Å². The van der Waals surface area contributed by atoms with E-state index in [9.17, 15) is 43.2 Å². The molecule has 19 nitrogen and oxygen atoms in total. The topological polar surface area (TPSA) is 314 Å².